The highest BCUT2D eigenvalue weighted by molar-refractivity contribution is 5.91. The molecule has 4 fully saturated rings. The van der Waals surface area contributed by atoms with Crippen LogP contribution in [0.1, 0.15) is 19.3 Å². The maximum absolute atomic E-state index is 12.2. The van der Waals surface area contributed by atoms with Gasteiger partial charge in [-0.15, -0.1) is 0 Å². The Morgan fingerprint density at radius 2 is 1.79 bits per heavy atom. The molecule has 8 heteroatoms. The number of carbonyl (C=O) groups is 1. The van der Waals surface area contributed by atoms with Crippen molar-refractivity contribution in [1.29, 1.82) is 0 Å². The lowest BCUT2D eigenvalue weighted by molar-refractivity contribution is -0.309. The van der Waals surface area contributed by atoms with Gasteiger partial charge in [0, 0.05) is 17.4 Å². The largest absolute Gasteiger partial charge is 0.458 e. The van der Waals surface area contributed by atoms with Crippen LogP contribution in [0.4, 0.5) is 0 Å². The lowest BCUT2D eigenvalue weighted by atomic mass is 9.82. The molecule has 10 atom stereocenters. The Bertz CT molecular complexity index is 730. The zero-order valence-corrected chi connectivity index (χ0v) is 16.1. The van der Waals surface area contributed by atoms with Gasteiger partial charge in [-0.2, -0.15) is 0 Å². The van der Waals surface area contributed by atoms with Crippen molar-refractivity contribution in [3.63, 3.8) is 0 Å². The second kappa shape index (κ2) is 7.61. The molecule has 0 amide bonds. The number of fused-ring (bicyclic) bond motifs is 3. The molecular weight excluding hydrogens is 380 g/mol. The van der Waals surface area contributed by atoms with Crippen LogP contribution in [0.25, 0.3) is 0 Å². The SMILES string of the molecule is C=C1CC[C@H]2C(=C)[C@@H](O[C@H]3O[C@H](CO)[C@@H](O)[C@H](O)[C@H]3O)C[C@H]3C(=C)C(=O)O[C@@H]3[C@@H]12. The van der Waals surface area contributed by atoms with Crippen LogP contribution in [0.2, 0.25) is 0 Å². The van der Waals surface area contributed by atoms with E-state index in [0.717, 1.165) is 24.0 Å². The van der Waals surface area contributed by atoms with Crippen molar-refractivity contribution in [2.24, 2.45) is 17.8 Å². The van der Waals surface area contributed by atoms with Crippen LogP contribution in [-0.2, 0) is 19.0 Å². The number of hydrogen-bond donors (Lipinski definition) is 4. The van der Waals surface area contributed by atoms with E-state index in [-0.39, 0.29) is 23.9 Å². The fraction of sp³-hybridized carbons (Fsp3) is 0.667. The topological polar surface area (TPSA) is 126 Å². The molecule has 160 valence electrons. The molecule has 2 saturated heterocycles. The summed E-state index contributed by atoms with van der Waals surface area (Å²) < 4.78 is 17.2. The molecule has 0 bridgehead atoms. The highest BCUT2D eigenvalue weighted by atomic mass is 16.7. The molecule has 0 aromatic heterocycles. The summed E-state index contributed by atoms with van der Waals surface area (Å²) in [4.78, 5) is 12.2. The standard InChI is InChI=1S/C21H28O8/c1-8-4-5-11-9(2)13(6-12-10(3)20(26)29-19(12)15(8)11)27-21-18(25)17(24)16(23)14(7-22)28-21/h11-19,21-25H,1-7H2/t11-,12-,13-,14+,15-,16+,17-,18+,19-,21-/m0/s1. The summed E-state index contributed by atoms with van der Waals surface area (Å²) in [5, 5.41) is 39.8. The first kappa shape index (κ1) is 20.7. The van der Waals surface area contributed by atoms with Gasteiger partial charge in [0.15, 0.2) is 6.29 Å². The maximum atomic E-state index is 12.2. The van der Waals surface area contributed by atoms with Gasteiger partial charge < -0.3 is 34.6 Å². The Kier molecular flexibility index (Phi) is 5.43. The molecule has 4 N–H and O–H groups in total. The van der Waals surface area contributed by atoms with Crippen LogP contribution >= 0.6 is 0 Å². The zero-order valence-electron chi connectivity index (χ0n) is 16.1. The average molecular weight is 408 g/mol. The molecule has 0 unspecified atom stereocenters. The molecule has 8 nitrogen and oxygen atoms in total. The van der Waals surface area contributed by atoms with Crippen LogP contribution in [0, 0.1) is 17.8 Å². The van der Waals surface area contributed by atoms with Crippen LogP contribution in [0.3, 0.4) is 0 Å². The third-order valence-corrected chi connectivity index (χ3v) is 6.89. The number of rotatable bonds is 3. The summed E-state index contributed by atoms with van der Waals surface area (Å²) in [6.45, 7) is 11.7. The average Bonchev–Trinajstić information content (AvgIpc) is 3.17. The van der Waals surface area contributed by atoms with Gasteiger partial charge in [0.1, 0.15) is 30.5 Å². The highest BCUT2D eigenvalue weighted by Gasteiger charge is 2.54. The van der Waals surface area contributed by atoms with Crippen molar-refractivity contribution in [3.05, 3.63) is 36.5 Å². The van der Waals surface area contributed by atoms with Gasteiger partial charge in [0.2, 0.25) is 0 Å². The van der Waals surface area contributed by atoms with Gasteiger partial charge in [-0.05, 0) is 30.8 Å². The molecule has 4 rings (SSSR count). The second-order valence-electron chi connectivity index (χ2n) is 8.46. The highest BCUT2D eigenvalue weighted by Crippen LogP contribution is 2.52. The molecule has 0 spiro atoms. The smallest absolute Gasteiger partial charge is 0.334 e. The number of ether oxygens (including phenoxy) is 3. The molecule has 2 saturated carbocycles. The minimum Gasteiger partial charge on any atom is -0.458 e. The molecule has 0 radical (unpaired) electrons. The van der Waals surface area contributed by atoms with Crippen LogP contribution in [0.5, 0.6) is 0 Å². The van der Waals surface area contributed by atoms with E-state index in [9.17, 15) is 25.2 Å². The van der Waals surface area contributed by atoms with Gasteiger partial charge in [0.05, 0.1) is 12.7 Å². The Hall–Kier alpha value is -1.55. The number of aliphatic hydroxyl groups is 4. The Balaban J connectivity index is 1.60. The first-order valence-corrected chi connectivity index (χ1v) is 9.96. The second-order valence-corrected chi connectivity index (χ2v) is 8.46. The molecule has 2 heterocycles. The molecule has 0 aromatic rings. The monoisotopic (exact) mass is 408 g/mol. The third-order valence-electron chi connectivity index (χ3n) is 6.89. The quantitative estimate of drug-likeness (QED) is 0.288. The lowest BCUT2D eigenvalue weighted by Gasteiger charge is -2.41. The summed E-state index contributed by atoms with van der Waals surface area (Å²) in [5.41, 5.74) is 2.19. The van der Waals surface area contributed by atoms with Crippen molar-refractivity contribution in [2.75, 3.05) is 6.61 Å². The van der Waals surface area contributed by atoms with Crippen LogP contribution < -0.4 is 0 Å². The summed E-state index contributed by atoms with van der Waals surface area (Å²) >= 11 is 0. The van der Waals surface area contributed by atoms with E-state index in [1.807, 2.05) is 0 Å². The molecule has 4 aliphatic rings. The van der Waals surface area contributed by atoms with Crippen molar-refractivity contribution in [2.45, 2.75) is 62.2 Å². The van der Waals surface area contributed by atoms with Gasteiger partial charge in [-0.1, -0.05) is 25.3 Å². The van der Waals surface area contributed by atoms with E-state index in [2.05, 4.69) is 19.7 Å². The van der Waals surface area contributed by atoms with Crippen LogP contribution in [-0.4, -0.2) is 75.9 Å². The number of esters is 1. The van der Waals surface area contributed by atoms with Crippen molar-refractivity contribution in [3.8, 4) is 0 Å². The first-order chi connectivity index (χ1) is 13.7. The zero-order chi connectivity index (χ0) is 21.0. The third kappa shape index (κ3) is 3.28. The Morgan fingerprint density at radius 1 is 1.07 bits per heavy atom. The van der Waals surface area contributed by atoms with Gasteiger partial charge in [0.25, 0.3) is 0 Å². The maximum Gasteiger partial charge on any atom is 0.334 e. The van der Waals surface area contributed by atoms with Crippen molar-refractivity contribution in [1.82, 2.24) is 0 Å². The summed E-state index contributed by atoms with van der Waals surface area (Å²) in [5.74, 6) is -0.748. The fourth-order valence-electron chi connectivity index (χ4n) is 5.19. The van der Waals surface area contributed by atoms with E-state index in [4.69, 9.17) is 14.2 Å². The summed E-state index contributed by atoms with van der Waals surface area (Å²) in [6.07, 6.45) is -5.79. The normalized spacial score (nSPS) is 47.6. The number of carbonyl (C=O) groups excluding carboxylic acids is 1. The van der Waals surface area contributed by atoms with Gasteiger partial charge in [-0.3, -0.25) is 0 Å². The number of hydrogen-bond acceptors (Lipinski definition) is 8. The lowest BCUT2D eigenvalue weighted by Crippen LogP contribution is -2.59. The Morgan fingerprint density at radius 3 is 2.48 bits per heavy atom. The van der Waals surface area contributed by atoms with E-state index in [0.29, 0.717) is 12.0 Å². The fourth-order valence-corrected chi connectivity index (χ4v) is 5.19. The Labute approximate surface area is 169 Å². The van der Waals surface area contributed by atoms with Gasteiger partial charge >= 0.3 is 5.97 Å². The van der Waals surface area contributed by atoms with E-state index < -0.39 is 49.4 Å². The predicted molar refractivity (Wildman–Crippen MR) is 100 cm³/mol. The minimum atomic E-state index is -1.52. The first-order valence-electron chi connectivity index (χ1n) is 9.96. The summed E-state index contributed by atoms with van der Waals surface area (Å²) in [6, 6.07) is 0. The van der Waals surface area contributed by atoms with Crippen molar-refractivity contribution >= 4 is 5.97 Å². The van der Waals surface area contributed by atoms with Gasteiger partial charge in [-0.25, -0.2) is 4.79 Å². The molecular formula is C21H28O8. The predicted octanol–water partition coefficient (Wildman–Crippen LogP) is -0.188. The van der Waals surface area contributed by atoms with E-state index in [1.54, 1.807) is 0 Å². The molecule has 29 heavy (non-hydrogen) atoms. The van der Waals surface area contributed by atoms with Crippen LogP contribution in [0.15, 0.2) is 36.5 Å². The molecule has 2 aliphatic carbocycles. The molecule has 0 aromatic carbocycles. The molecule has 2 aliphatic heterocycles. The van der Waals surface area contributed by atoms with Crippen molar-refractivity contribution < 1.29 is 39.4 Å². The minimum absolute atomic E-state index is 0.00564. The number of aliphatic hydroxyl groups excluding tert-OH is 4. The summed E-state index contributed by atoms with van der Waals surface area (Å²) in [7, 11) is 0. The van der Waals surface area contributed by atoms with E-state index in [1.165, 1.54) is 0 Å². The van der Waals surface area contributed by atoms with E-state index >= 15 is 0 Å².